The van der Waals surface area contributed by atoms with Gasteiger partial charge < -0.3 is 4.90 Å². The molecular formula is C4H8N2O2S. The van der Waals surface area contributed by atoms with Crippen molar-refractivity contribution in [1.82, 2.24) is 4.90 Å². The molecule has 0 saturated carbocycles. The molecule has 0 aromatic carbocycles. The molecule has 9 heavy (non-hydrogen) atoms. The van der Waals surface area contributed by atoms with Gasteiger partial charge in [-0.1, -0.05) is 12.2 Å². The minimum atomic E-state index is -0.442. The number of rotatable bonds is 2. The van der Waals surface area contributed by atoms with Gasteiger partial charge in [0, 0.05) is 19.0 Å². The Kier molecular flexibility index (Phi) is 3.08. The number of likely N-dealkylation sites (N-methyl/N-ethyl adjacent to an activating group) is 1. The van der Waals surface area contributed by atoms with Crippen molar-refractivity contribution >= 4 is 17.2 Å². The van der Waals surface area contributed by atoms with Crippen LogP contribution in [0.4, 0.5) is 0 Å². The Morgan fingerprint density at radius 2 is 2.22 bits per heavy atom. The number of nitrogens with zero attached hydrogens (tertiary/aromatic N) is 2. The highest BCUT2D eigenvalue weighted by Crippen LogP contribution is 1.82. The number of thiocarbonyl (C=S) groups is 1. The van der Waals surface area contributed by atoms with Crippen LogP contribution in [0.5, 0.6) is 0 Å². The summed E-state index contributed by atoms with van der Waals surface area (Å²) in [5.74, 6) is 0. The van der Waals surface area contributed by atoms with Gasteiger partial charge >= 0.3 is 0 Å². The van der Waals surface area contributed by atoms with Gasteiger partial charge in [0.15, 0.2) is 0 Å². The monoisotopic (exact) mass is 148 g/mol. The molecule has 0 radical (unpaired) electrons. The average molecular weight is 148 g/mol. The Morgan fingerprint density at radius 3 is 2.33 bits per heavy atom. The van der Waals surface area contributed by atoms with Crippen molar-refractivity contribution in [3.63, 3.8) is 0 Å². The van der Waals surface area contributed by atoms with Crippen LogP contribution in [0, 0.1) is 10.1 Å². The highest BCUT2D eigenvalue weighted by Gasteiger charge is 2.04. The molecule has 0 saturated heterocycles. The Balaban J connectivity index is 3.64. The van der Waals surface area contributed by atoms with Crippen LogP contribution in [-0.2, 0) is 0 Å². The second-order valence-corrected chi connectivity index (χ2v) is 2.25. The molecule has 0 atom stereocenters. The van der Waals surface area contributed by atoms with E-state index in [-0.39, 0.29) is 6.54 Å². The Bertz CT molecular complexity index is 135. The third-order valence-electron chi connectivity index (χ3n) is 0.763. The van der Waals surface area contributed by atoms with E-state index in [0.717, 1.165) is 0 Å². The van der Waals surface area contributed by atoms with E-state index >= 15 is 0 Å². The van der Waals surface area contributed by atoms with E-state index in [1.54, 1.807) is 19.0 Å². The second-order valence-electron chi connectivity index (χ2n) is 1.78. The first-order valence-corrected chi connectivity index (χ1v) is 2.77. The van der Waals surface area contributed by atoms with Gasteiger partial charge in [0.05, 0.1) is 0 Å². The van der Waals surface area contributed by atoms with Crippen molar-refractivity contribution < 1.29 is 4.92 Å². The van der Waals surface area contributed by atoms with Crippen LogP contribution in [0.1, 0.15) is 0 Å². The first kappa shape index (κ1) is 8.29. The fourth-order valence-electron chi connectivity index (χ4n) is 0.252. The highest BCUT2D eigenvalue weighted by molar-refractivity contribution is 7.80. The van der Waals surface area contributed by atoms with E-state index < -0.39 is 4.92 Å². The first-order chi connectivity index (χ1) is 4.04. The van der Waals surface area contributed by atoms with Crippen LogP contribution in [0.2, 0.25) is 0 Å². The highest BCUT2D eigenvalue weighted by atomic mass is 32.1. The van der Waals surface area contributed by atoms with Crippen molar-refractivity contribution in [3.8, 4) is 0 Å². The molecule has 0 N–H and O–H groups in total. The molecule has 52 valence electrons. The summed E-state index contributed by atoms with van der Waals surface area (Å²) >= 11 is 4.64. The SMILES string of the molecule is CN(C)C(=S)C[N+](=O)[O-]. The zero-order valence-electron chi connectivity index (χ0n) is 5.33. The van der Waals surface area contributed by atoms with Gasteiger partial charge in [0.1, 0.15) is 4.99 Å². The fourth-order valence-corrected chi connectivity index (χ4v) is 0.357. The molecular weight excluding hydrogens is 140 g/mol. The van der Waals surface area contributed by atoms with E-state index in [9.17, 15) is 10.1 Å². The minimum absolute atomic E-state index is 0.248. The lowest BCUT2D eigenvalue weighted by molar-refractivity contribution is -0.463. The first-order valence-electron chi connectivity index (χ1n) is 2.36. The third kappa shape index (κ3) is 3.84. The topological polar surface area (TPSA) is 46.4 Å². The van der Waals surface area contributed by atoms with Crippen LogP contribution in [0.25, 0.3) is 0 Å². The second kappa shape index (κ2) is 3.34. The molecule has 4 nitrogen and oxygen atoms in total. The van der Waals surface area contributed by atoms with Gasteiger partial charge in [-0.3, -0.25) is 10.1 Å². The van der Waals surface area contributed by atoms with Crippen LogP contribution >= 0.6 is 12.2 Å². The number of nitro groups is 1. The number of hydrogen-bond donors (Lipinski definition) is 0. The predicted molar refractivity (Wildman–Crippen MR) is 38.1 cm³/mol. The predicted octanol–water partition coefficient (Wildman–Crippen LogP) is 0.152. The molecule has 0 aromatic rings. The van der Waals surface area contributed by atoms with Crippen molar-refractivity contribution in [1.29, 1.82) is 0 Å². The standard InChI is InChI=1S/C4H8N2O2S/c1-5(2)4(9)3-6(7)8/h3H2,1-2H3. The summed E-state index contributed by atoms with van der Waals surface area (Å²) < 4.78 is 0. The molecule has 0 rings (SSSR count). The zero-order valence-corrected chi connectivity index (χ0v) is 6.14. The minimum Gasteiger partial charge on any atom is -0.367 e. The summed E-state index contributed by atoms with van der Waals surface area (Å²) in [4.78, 5) is 11.3. The molecule has 0 heterocycles. The molecule has 0 aliphatic carbocycles. The van der Waals surface area contributed by atoms with E-state index in [0.29, 0.717) is 4.99 Å². The van der Waals surface area contributed by atoms with Crippen molar-refractivity contribution in [2.75, 3.05) is 20.6 Å². The Hall–Kier alpha value is -0.710. The molecule has 0 amide bonds. The quantitative estimate of drug-likeness (QED) is 0.318. The molecule has 0 aliphatic rings. The summed E-state index contributed by atoms with van der Waals surface area (Å²) in [6, 6.07) is 0. The summed E-state index contributed by atoms with van der Waals surface area (Å²) in [6.07, 6.45) is 0. The fraction of sp³-hybridized carbons (Fsp3) is 0.750. The lowest BCUT2D eigenvalue weighted by atomic mass is 10.6. The molecule has 0 aromatic heterocycles. The van der Waals surface area contributed by atoms with Gasteiger partial charge in [-0.25, -0.2) is 0 Å². The van der Waals surface area contributed by atoms with Gasteiger partial charge in [-0.2, -0.15) is 0 Å². The van der Waals surface area contributed by atoms with Crippen molar-refractivity contribution in [2.45, 2.75) is 0 Å². The zero-order chi connectivity index (χ0) is 7.44. The molecule has 5 heteroatoms. The lowest BCUT2D eigenvalue weighted by Crippen LogP contribution is -2.26. The largest absolute Gasteiger partial charge is 0.367 e. The summed E-state index contributed by atoms with van der Waals surface area (Å²) in [7, 11) is 3.37. The molecule has 0 bridgehead atoms. The van der Waals surface area contributed by atoms with Crippen LogP contribution < -0.4 is 0 Å². The maximum absolute atomic E-state index is 9.81. The van der Waals surface area contributed by atoms with Crippen LogP contribution in [0.3, 0.4) is 0 Å². The van der Waals surface area contributed by atoms with Gasteiger partial charge in [-0.05, 0) is 0 Å². The van der Waals surface area contributed by atoms with E-state index in [2.05, 4.69) is 12.2 Å². The van der Waals surface area contributed by atoms with E-state index in [1.807, 2.05) is 0 Å². The lowest BCUT2D eigenvalue weighted by Gasteiger charge is -2.08. The summed E-state index contributed by atoms with van der Waals surface area (Å²) in [5.41, 5.74) is 0. The Morgan fingerprint density at radius 1 is 1.78 bits per heavy atom. The summed E-state index contributed by atoms with van der Waals surface area (Å²) in [5, 5.41) is 9.81. The summed E-state index contributed by atoms with van der Waals surface area (Å²) in [6.45, 7) is -0.248. The average Bonchev–Trinajstić information content (AvgIpc) is 1.63. The Labute approximate surface area is 58.6 Å². The van der Waals surface area contributed by atoms with Crippen LogP contribution in [-0.4, -0.2) is 35.5 Å². The molecule has 0 aliphatic heterocycles. The van der Waals surface area contributed by atoms with E-state index in [4.69, 9.17) is 0 Å². The van der Waals surface area contributed by atoms with Crippen molar-refractivity contribution in [2.24, 2.45) is 0 Å². The normalized spacial score (nSPS) is 8.67. The van der Waals surface area contributed by atoms with Crippen molar-refractivity contribution in [3.05, 3.63) is 10.1 Å². The number of hydrogen-bond acceptors (Lipinski definition) is 3. The third-order valence-corrected chi connectivity index (χ3v) is 1.26. The van der Waals surface area contributed by atoms with E-state index in [1.165, 1.54) is 0 Å². The van der Waals surface area contributed by atoms with Gasteiger partial charge in [-0.15, -0.1) is 0 Å². The molecule has 0 fully saturated rings. The van der Waals surface area contributed by atoms with Gasteiger partial charge in [0.25, 0.3) is 6.54 Å². The van der Waals surface area contributed by atoms with Gasteiger partial charge in [0.2, 0.25) is 0 Å². The maximum Gasteiger partial charge on any atom is 0.253 e. The molecule has 0 unspecified atom stereocenters. The molecule has 0 spiro atoms. The maximum atomic E-state index is 9.81. The smallest absolute Gasteiger partial charge is 0.253 e. The van der Waals surface area contributed by atoms with Crippen LogP contribution in [0.15, 0.2) is 0 Å².